The summed E-state index contributed by atoms with van der Waals surface area (Å²) >= 11 is 0. The zero-order chi connectivity index (χ0) is 13.8. The van der Waals surface area contributed by atoms with E-state index in [1.807, 2.05) is 20.9 Å². The molecule has 4 nitrogen and oxygen atoms in total. The highest BCUT2D eigenvalue weighted by Crippen LogP contribution is 2.31. The number of amides is 1. The Kier molecular flexibility index (Phi) is 5.60. The van der Waals surface area contributed by atoms with E-state index in [4.69, 9.17) is 0 Å². The summed E-state index contributed by atoms with van der Waals surface area (Å²) in [5, 5.41) is 13.5. The summed E-state index contributed by atoms with van der Waals surface area (Å²) in [5.74, 6) is 0.803. The van der Waals surface area contributed by atoms with Gasteiger partial charge < -0.3 is 15.3 Å². The molecule has 1 amide bonds. The first kappa shape index (κ1) is 15.4. The van der Waals surface area contributed by atoms with Crippen molar-refractivity contribution in [1.29, 1.82) is 0 Å². The van der Waals surface area contributed by atoms with Gasteiger partial charge in [-0.3, -0.25) is 4.79 Å². The molecule has 0 spiro atoms. The molecule has 0 aromatic rings. The van der Waals surface area contributed by atoms with Crippen molar-refractivity contribution in [2.45, 2.75) is 58.1 Å². The zero-order valence-corrected chi connectivity index (χ0v) is 12.2. The number of hydrogen-bond acceptors (Lipinski definition) is 3. The van der Waals surface area contributed by atoms with E-state index >= 15 is 0 Å². The number of carbonyl (C=O) groups is 1. The Morgan fingerprint density at radius 1 is 1.44 bits per heavy atom. The highest BCUT2D eigenvalue weighted by Gasteiger charge is 2.31. The van der Waals surface area contributed by atoms with E-state index in [1.54, 1.807) is 4.90 Å². The lowest BCUT2D eigenvalue weighted by Crippen LogP contribution is -2.47. The molecule has 0 aromatic carbocycles. The maximum Gasteiger partial charge on any atom is 0.236 e. The van der Waals surface area contributed by atoms with Crippen LogP contribution in [0.2, 0.25) is 0 Å². The number of nitrogens with one attached hydrogen (secondary N) is 1. The van der Waals surface area contributed by atoms with Gasteiger partial charge in [-0.2, -0.15) is 0 Å². The molecule has 0 atom stereocenters. The summed E-state index contributed by atoms with van der Waals surface area (Å²) in [6.07, 6.45) is 3.85. The molecule has 0 saturated heterocycles. The average Bonchev–Trinajstić information content (AvgIpc) is 2.32. The van der Waals surface area contributed by atoms with Gasteiger partial charge in [0.1, 0.15) is 0 Å². The van der Waals surface area contributed by atoms with Crippen LogP contribution < -0.4 is 5.32 Å². The molecule has 106 valence electrons. The van der Waals surface area contributed by atoms with Crippen molar-refractivity contribution in [1.82, 2.24) is 10.2 Å². The number of hydrogen-bond donors (Lipinski definition) is 2. The minimum atomic E-state index is -0.608. The van der Waals surface area contributed by atoms with Gasteiger partial charge in [0.25, 0.3) is 0 Å². The van der Waals surface area contributed by atoms with E-state index in [1.165, 1.54) is 0 Å². The molecule has 0 heterocycles. The van der Waals surface area contributed by atoms with Gasteiger partial charge >= 0.3 is 0 Å². The predicted molar refractivity (Wildman–Crippen MR) is 73.4 cm³/mol. The highest BCUT2D eigenvalue weighted by molar-refractivity contribution is 5.78. The van der Waals surface area contributed by atoms with Crippen LogP contribution in [0.3, 0.4) is 0 Å². The minimum absolute atomic E-state index is 0.0813. The lowest BCUT2D eigenvalue weighted by atomic mass is 9.79. The van der Waals surface area contributed by atoms with Crippen molar-refractivity contribution in [3.63, 3.8) is 0 Å². The van der Waals surface area contributed by atoms with Crippen LogP contribution in [-0.2, 0) is 4.79 Å². The monoisotopic (exact) mass is 256 g/mol. The van der Waals surface area contributed by atoms with Gasteiger partial charge in [0, 0.05) is 19.6 Å². The van der Waals surface area contributed by atoms with Crippen LogP contribution in [0.1, 0.15) is 46.5 Å². The molecule has 0 unspecified atom stereocenters. The Labute approximate surface area is 111 Å². The second-order valence-electron chi connectivity index (χ2n) is 6.11. The molecular weight excluding hydrogens is 228 g/mol. The number of aliphatic hydroxyl groups is 1. The van der Waals surface area contributed by atoms with E-state index < -0.39 is 5.60 Å². The Hall–Kier alpha value is -0.610. The summed E-state index contributed by atoms with van der Waals surface area (Å²) in [5.41, 5.74) is -0.608. The topological polar surface area (TPSA) is 52.6 Å². The summed E-state index contributed by atoms with van der Waals surface area (Å²) < 4.78 is 0. The van der Waals surface area contributed by atoms with Gasteiger partial charge in [0.15, 0.2) is 0 Å². The van der Waals surface area contributed by atoms with Crippen LogP contribution in [0.15, 0.2) is 0 Å². The first-order valence-corrected chi connectivity index (χ1v) is 7.03. The number of rotatable bonds is 5. The molecule has 2 N–H and O–H groups in total. The second-order valence-corrected chi connectivity index (χ2v) is 6.11. The van der Waals surface area contributed by atoms with Gasteiger partial charge in [0.2, 0.25) is 5.91 Å². The largest absolute Gasteiger partial charge is 0.389 e. The van der Waals surface area contributed by atoms with Gasteiger partial charge in [0.05, 0.1) is 12.1 Å². The van der Waals surface area contributed by atoms with Crippen molar-refractivity contribution in [3.05, 3.63) is 0 Å². The minimum Gasteiger partial charge on any atom is -0.389 e. The van der Waals surface area contributed by atoms with Crippen molar-refractivity contribution in [2.24, 2.45) is 5.92 Å². The molecule has 0 aliphatic heterocycles. The van der Waals surface area contributed by atoms with E-state index in [2.05, 4.69) is 12.2 Å². The smallest absolute Gasteiger partial charge is 0.236 e. The number of carbonyl (C=O) groups excluding carboxylic acids is 1. The van der Waals surface area contributed by atoms with Crippen molar-refractivity contribution < 1.29 is 9.90 Å². The third kappa shape index (κ3) is 4.58. The summed E-state index contributed by atoms with van der Waals surface area (Å²) in [6, 6.07) is 0.220. The Morgan fingerprint density at radius 2 is 2.00 bits per heavy atom. The normalized spacial score (nSPS) is 28.4. The predicted octanol–water partition coefficient (Wildman–Crippen LogP) is 1.38. The zero-order valence-electron chi connectivity index (χ0n) is 12.2. The van der Waals surface area contributed by atoms with Gasteiger partial charge in [-0.25, -0.2) is 0 Å². The molecule has 0 radical (unpaired) electrons. The van der Waals surface area contributed by atoms with Gasteiger partial charge in [-0.05, 0) is 45.4 Å². The van der Waals surface area contributed by atoms with Crippen LogP contribution in [0.5, 0.6) is 0 Å². The molecule has 0 bridgehead atoms. The van der Waals surface area contributed by atoms with E-state index in [0.717, 1.165) is 31.6 Å². The molecule has 0 aromatic heterocycles. The van der Waals surface area contributed by atoms with Crippen molar-refractivity contribution in [2.75, 3.05) is 20.1 Å². The lowest BCUT2D eigenvalue weighted by molar-refractivity contribution is -0.130. The fraction of sp³-hybridized carbons (Fsp3) is 0.929. The first-order chi connectivity index (χ1) is 8.34. The molecule has 1 aliphatic carbocycles. The molecule has 4 heteroatoms. The molecule has 18 heavy (non-hydrogen) atoms. The van der Waals surface area contributed by atoms with Crippen LogP contribution in [-0.4, -0.2) is 47.7 Å². The average molecular weight is 256 g/mol. The highest BCUT2D eigenvalue weighted by atomic mass is 16.3. The summed E-state index contributed by atoms with van der Waals surface area (Å²) in [7, 11) is 1.81. The van der Waals surface area contributed by atoms with E-state index in [0.29, 0.717) is 13.1 Å². The molecule has 1 rings (SSSR count). The third-order valence-corrected chi connectivity index (χ3v) is 4.10. The third-order valence-electron chi connectivity index (χ3n) is 4.10. The Bertz CT molecular complexity index is 271. The first-order valence-electron chi connectivity index (χ1n) is 7.03. The molecule has 1 saturated carbocycles. The van der Waals surface area contributed by atoms with Crippen molar-refractivity contribution in [3.8, 4) is 0 Å². The maximum atomic E-state index is 11.8. The summed E-state index contributed by atoms with van der Waals surface area (Å²) in [6.45, 7) is 7.06. The van der Waals surface area contributed by atoms with E-state index in [-0.39, 0.29) is 11.9 Å². The molecular formula is C14H28N2O2. The molecule has 1 fully saturated rings. The fourth-order valence-electron chi connectivity index (χ4n) is 2.29. The standard InChI is InChI=1S/C14H28N2O2/c1-11(2)16(4)13(17)9-15-10-14(18)7-5-12(3)6-8-14/h11-12,15,18H,5-10H2,1-4H3. The van der Waals surface area contributed by atoms with Crippen LogP contribution >= 0.6 is 0 Å². The molecule has 1 aliphatic rings. The lowest BCUT2D eigenvalue weighted by Gasteiger charge is -2.35. The fourth-order valence-corrected chi connectivity index (χ4v) is 2.29. The van der Waals surface area contributed by atoms with Crippen LogP contribution in [0.4, 0.5) is 0 Å². The van der Waals surface area contributed by atoms with Crippen molar-refractivity contribution >= 4 is 5.91 Å². The van der Waals surface area contributed by atoms with Gasteiger partial charge in [-0.15, -0.1) is 0 Å². The SMILES string of the molecule is CC1CCC(O)(CNCC(=O)N(C)C(C)C)CC1. The van der Waals surface area contributed by atoms with E-state index in [9.17, 15) is 9.90 Å². The second kappa shape index (κ2) is 6.53. The Balaban J connectivity index is 2.27. The van der Waals surface area contributed by atoms with Crippen LogP contribution in [0, 0.1) is 5.92 Å². The van der Waals surface area contributed by atoms with Gasteiger partial charge in [-0.1, -0.05) is 6.92 Å². The maximum absolute atomic E-state index is 11.8. The quantitative estimate of drug-likeness (QED) is 0.781. The number of likely N-dealkylation sites (N-methyl/N-ethyl adjacent to an activating group) is 1. The Morgan fingerprint density at radius 3 is 2.50 bits per heavy atom. The van der Waals surface area contributed by atoms with Crippen LogP contribution in [0.25, 0.3) is 0 Å². The summed E-state index contributed by atoms with van der Waals surface area (Å²) in [4.78, 5) is 13.5. The number of nitrogens with zero attached hydrogens (tertiary/aromatic N) is 1.